The van der Waals surface area contributed by atoms with Gasteiger partial charge >= 0.3 is 0 Å². The lowest BCUT2D eigenvalue weighted by Crippen LogP contribution is -2.12. The van der Waals surface area contributed by atoms with Gasteiger partial charge in [0.05, 0.1) is 3.79 Å². The van der Waals surface area contributed by atoms with E-state index in [0.717, 1.165) is 21.1 Å². The molecule has 0 saturated carbocycles. The molecule has 25 heavy (non-hydrogen) atoms. The van der Waals surface area contributed by atoms with Crippen molar-refractivity contribution in [2.45, 2.75) is 0 Å². The predicted molar refractivity (Wildman–Crippen MR) is 108 cm³/mol. The number of anilines is 3. The molecular weight excluding hydrogens is 394 g/mol. The summed E-state index contributed by atoms with van der Waals surface area (Å²) < 4.78 is 1.14. The zero-order chi connectivity index (χ0) is 17.1. The van der Waals surface area contributed by atoms with E-state index in [-0.39, 0.29) is 0 Å². The molecule has 0 aliphatic carbocycles. The van der Waals surface area contributed by atoms with Crippen LogP contribution in [0.4, 0.5) is 17.3 Å². The Balaban J connectivity index is 1.77. The summed E-state index contributed by atoms with van der Waals surface area (Å²) in [5.41, 5.74) is 3.41. The van der Waals surface area contributed by atoms with Crippen LogP contribution in [0, 0.1) is 0 Å². The minimum absolute atomic E-state index is 0.839. The van der Waals surface area contributed by atoms with Crippen LogP contribution in [0.25, 0.3) is 11.1 Å². The Morgan fingerprint density at radius 1 is 0.760 bits per heavy atom. The van der Waals surface area contributed by atoms with Gasteiger partial charge in [0, 0.05) is 23.6 Å². The molecule has 122 valence electrons. The van der Waals surface area contributed by atoms with Crippen molar-refractivity contribution in [1.29, 1.82) is 0 Å². The molecule has 4 rings (SSSR count). The molecule has 4 aromatic rings. The Labute approximate surface area is 158 Å². The minimum Gasteiger partial charge on any atom is -0.279 e. The Morgan fingerprint density at radius 2 is 1.40 bits per heavy atom. The topological polar surface area (TPSA) is 29.0 Å². The van der Waals surface area contributed by atoms with Crippen molar-refractivity contribution in [2.75, 3.05) is 4.90 Å². The third-order valence-electron chi connectivity index (χ3n) is 3.81. The lowest BCUT2D eigenvalue weighted by molar-refractivity contribution is 1.13. The first-order valence-electron chi connectivity index (χ1n) is 7.78. The molecule has 0 saturated heterocycles. The fraction of sp³-hybridized carbons (Fsp3) is 0. The molecule has 0 spiro atoms. The van der Waals surface area contributed by atoms with Crippen molar-refractivity contribution in [2.24, 2.45) is 0 Å². The van der Waals surface area contributed by atoms with Gasteiger partial charge in [-0.05, 0) is 69.3 Å². The normalized spacial score (nSPS) is 10.6. The molecule has 5 heteroatoms. The second-order valence-corrected chi connectivity index (χ2v) is 7.60. The Hall–Kier alpha value is -2.50. The summed E-state index contributed by atoms with van der Waals surface area (Å²) in [5.74, 6) is 1.68. The van der Waals surface area contributed by atoms with Crippen LogP contribution in [0.5, 0.6) is 0 Å². The molecule has 0 unspecified atom stereocenters. The molecule has 0 atom stereocenters. The lowest BCUT2D eigenvalue weighted by Gasteiger charge is -2.23. The van der Waals surface area contributed by atoms with E-state index in [1.54, 1.807) is 23.7 Å². The number of thiophene rings is 1. The van der Waals surface area contributed by atoms with Gasteiger partial charge in [-0.2, -0.15) is 0 Å². The van der Waals surface area contributed by atoms with E-state index in [2.05, 4.69) is 61.6 Å². The van der Waals surface area contributed by atoms with Gasteiger partial charge in [-0.3, -0.25) is 4.90 Å². The van der Waals surface area contributed by atoms with Crippen molar-refractivity contribution < 1.29 is 0 Å². The molecule has 3 nitrogen and oxygen atoms in total. The highest BCUT2D eigenvalue weighted by molar-refractivity contribution is 9.11. The monoisotopic (exact) mass is 407 g/mol. The van der Waals surface area contributed by atoms with Crippen molar-refractivity contribution in [3.8, 4) is 11.1 Å². The van der Waals surface area contributed by atoms with Gasteiger partial charge in [-0.1, -0.05) is 24.3 Å². The highest BCUT2D eigenvalue weighted by atomic mass is 79.9. The highest BCUT2D eigenvalue weighted by Crippen LogP contribution is 2.36. The SMILES string of the molecule is Brc1sccc1-c1ccc(N(c2ccccn2)c2ccccn2)cc1. The van der Waals surface area contributed by atoms with Crippen molar-refractivity contribution in [1.82, 2.24) is 9.97 Å². The van der Waals surface area contributed by atoms with Gasteiger partial charge in [0.25, 0.3) is 0 Å². The van der Waals surface area contributed by atoms with Crippen LogP contribution in [0.3, 0.4) is 0 Å². The van der Waals surface area contributed by atoms with Gasteiger partial charge < -0.3 is 0 Å². The van der Waals surface area contributed by atoms with E-state index in [0.29, 0.717) is 0 Å². The minimum atomic E-state index is 0.839. The fourth-order valence-electron chi connectivity index (χ4n) is 2.64. The first-order valence-corrected chi connectivity index (χ1v) is 9.46. The molecule has 0 fully saturated rings. The molecule has 0 aliphatic heterocycles. The zero-order valence-electron chi connectivity index (χ0n) is 13.2. The largest absolute Gasteiger partial charge is 0.279 e. The van der Waals surface area contributed by atoms with E-state index in [1.165, 1.54) is 11.1 Å². The predicted octanol–water partition coefficient (Wildman–Crippen LogP) is 6.44. The van der Waals surface area contributed by atoms with Gasteiger partial charge in [0.1, 0.15) is 11.6 Å². The lowest BCUT2D eigenvalue weighted by atomic mass is 10.1. The van der Waals surface area contributed by atoms with E-state index in [4.69, 9.17) is 0 Å². The van der Waals surface area contributed by atoms with E-state index < -0.39 is 0 Å². The molecule has 0 amide bonds. The number of aromatic nitrogens is 2. The van der Waals surface area contributed by atoms with Crippen LogP contribution in [0.2, 0.25) is 0 Å². The van der Waals surface area contributed by atoms with Crippen molar-refractivity contribution in [3.63, 3.8) is 0 Å². The molecule has 0 N–H and O–H groups in total. The van der Waals surface area contributed by atoms with Crippen LogP contribution >= 0.6 is 27.3 Å². The molecule has 0 bridgehead atoms. The third-order valence-corrected chi connectivity index (χ3v) is 5.50. The van der Waals surface area contributed by atoms with Crippen LogP contribution in [0.1, 0.15) is 0 Å². The van der Waals surface area contributed by atoms with Crippen LogP contribution in [-0.4, -0.2) is 9.97 Å². The third kappa shape index (κ3) is 3.34. The second kappa shape index (κ2) is 7.17. The van der Waals surface area contributed by atoms with Crippen molar-refractivity contribution >= 4 is 44.6 Å². The highest BCUT2D eigenvalue weighted by Gasteiger charge is 2.14. The number of benzene rings is 1. The quantitative estimate of drug-likeness (QED) is 0.389. The summed E-state index contributed by atoms with van der Waals surface area (Å²) in [6.07, 6.45) is 3.59. The standard InChI is InChI=1S/C20H14BrN3S/c21-20-17(11-14-25-20)15-7-9-16(10-8-15)24(18-5-1-3-12-22-18)19-6-2-4-13-23-19/h1-14H. The number of hydrogen-bond donors (Lipinski definition) is 0. The molecule has 0 aliphatic rings. The number of pyridine rings is 2. The van der Waals surface area contributed by atoms with Crippen LogP contribution < -0.4 is 4.90 Å². The number of rotatable bonds is 4. The summed E-state index contributed by atoms with van der Waals surface area (Å²) in [6.45, 7) is 0. The van der Waals surface area contributed by atoms with Gasteiger partial charge in [0.15, 0.2) is 0 Å². The maximum absolute atomic E-state index is 4.50. The molecule has 0 radical (unpaired) electrons. The van der Waals surface area contributed by atoms with Gasteiger partial charge in [-0.15, -0.1) is 11.3 Å². The molecular formula is C20H14BrN3S. The smallest absolute Gasteiger partial charge is 0.138 e. The number of nitrogens with zero attached hydrogens (tertiary/aromatic N) is 3. The fourth-order valence-corrected chi connectivity index (χ4v) is 3.97. The Kier molecular flexibility index (Phi) is 4.59. The van der Waals surface area contributed by atoms with E-state index >= 15 is 0 Å². The molecule has 1 aromatic carbocycles. The van der Waals surface area contributed by atoms with E-state index in [1.807, 2.05) is 41.3 Å². The summed E-state index contributed by atoms with van der Waals surface area (Å²) in [7, 11) is 0. The van der Waals surface area contributed by atoms with Crippen molar-refractivity contribution in [3.05, 3.63) is 88.3 Å². The first kappa shape index (κ1) is 16.0. The maximum atomic E-state index is 4.50. The Bertz CT molecular complexity index is 914. The summed E-state index contributed by atoms with van der Waals surface area (Å²) in [6, 6.07) is 22.3. The summed E-state index contributed by atoms with van der Waals surface area (Å²) in [5, 5.41) is 2.08. The Morgan fingerprint density at radius 3 is 1.88 bits per heavy atom. The summed E-state index contributed by atoms with van der Waals surface area (Å²) >= 11 is 5.30. The molecule has 3 aromatic heterocycles. The zero-order valence-corrected chi connectivity index (χ0v) is 15.6. The maximum Gasteiger partial charge on any atom is 0.138 e. The second-order valence-electron chi connectivity index (χ2n) is 5.37. The van der Waals surface area contributed by atoms with Crippen LogP contribution in [0.15, 0.2) is 88.3 Å². The molecule has 3 heterocycles. The first-order chi connectivity index (χ1) is 12.3. The average molecular weight is 408 g/mol. The van der Waals surface area contributed by atoms with Crippen LogP contribution in [-0.2, 0) is 0 Å². The average Bonchev–Trinajstić information content (AvgIpc) is 3.10. The number of halogens is 1. The van der Waals surface area contributed by atoms with Gasteiger partial charge in [0.2, 0.25) is 0 Å². The summed E-state index contributed by atoms with van der Waals surface area (Å²) in [4.78, 5) is 11.0. The number of hydrogen-bond acceptors (Lipinski definition) is 4. The van der Waals surface area contributed by atoms with Gasteiger partial charge in [-0.25, -0.2) is 9.97 Å². The van der Waals surface area contributed by atoms with E-state index in [9.17, 15) is 0 Å².